The number of para-hydroxylation sites is 5. The van der Waals surface area contributed by atoms with E-state index in [1.807, 2.05) is 80.6 Å². The molecule has 414 valence electrons. The molecule has 0 bridgehead atoms. The third-order valence-electron chi connectivity index (χ3n) is 17.2. The molecule has 17 rings (SSSR count). The summed E-state index contributed by atoms with van der Waals surface area (Å²) in [6, 6.07) is 92.1. The van der Waals surface area contributed by atoms with Crippen molar-refractivity contribution in [2.24, 2.45) is 0 Å². The molecule has 6 heterocycles. The van der Waals surface area contributed by atoms with Crippen LogP contribution in [0, 0.1) is 0 Å². The molecule has 0 amide bonds. The molecule has 0 saturated carbocycles. The van der Waals surface area contributed by atoms with Gasteiger partial charge < -0.3 is 9.13 Å². The fourth-order valence-electron chi connectivity index (χ4n) is 13.2. The average Bonchev–Trinajstić information content (AvgIpc) is 1.82. The lowest BCUT2D eigenvalue weighted by Crippen LogP contribution is -2.08. The van der Waals surface area contributed by atoms with E-state index in [9.17, 15) is 0 Å². The molecule has 0 spiro atoms. The molecule has 6 aromatic heterocycles. The molecular weight excluding hydrogens is 1080 g/mol. The summed E-state index contributed by atoms with van der Waals surface area (Å²) in [5.41, 5.74) is 16.4. The van der Waals surface area contributed by atoms with Gasteiger partial charge in [0, 0.05) is 76.7 Å². The number of aromatic nitrogens is 10. The van der Waals surface area contributed by atoms with Gasteiger partial charge in [0.2, 0.25) is 11.9 Å². The quantitative estimate of drug-likeness (QED) is 0.127. The van der Waals surface area contributed by atoms with Gasteiger partial charge in [-0.3, -0.25) is 9.13 Å². The highest BCUT2D eigenvalue weighted by molar-refractivity contribution is 6.29. The number of nitrogens with zero attached hydrogens (tertiary/aromatic N) is 10. The second-order valence-electron chi connectivity index (χ2n) is 22.2. The summed E-state index contributed by atoms with van der Waals surface area (Å²) >= 11 is 0. The molecule has 0 N–H and O–H groups in total. The van der Waals surface area contributed by atoms with Gasteiger partial charge in [0.15, 0.2) is 23.3 Å². The SMILES string of the molecule is C/C=C\C(=C/C)c1nc(-c2ccccc2)nc(-n2c3ccccc3c3cc4c5cc(-c6ccc(-c7nc(-c8ccccc8)nc(-n8c9ccccc9c9c%10c%11ccccc%11n(-c%11ccccc%11)c%10ccc98)n7)cc6)ccc5n(-c5ccccc5)c4cc32)n1. The second kappa shape index (κ2) is 20.4. The Hall–Kier alpha value is -11.9. The summed E-state index contributed by atoms with van der Waals surface area (Å²) in [6.07, 6.45) is 6.12. The molecule has 17 aromatic rings. The Morgan fingerprint density at radius 1 is 0.284 bits per heavy atom. The normalized spacial score (nSPS) is 12.2. The van der Waals surface area contributed by atoms with E-state index in [1.54, 1.807) is 0 Å². The van der Waals surface area contributed by atoms with Crippen LogP contribution in [-0.2, 0) is 0 Å². The Morgan fingerprint density at radius 2 is 0.682 bits per heavy atom. The summed E-state index contributed by atoms with van der Waals surface area (Å²) in [4.78, 5) is 31.5. The number of benzene rings is 11. The molecule has 0 aliphatic heterocycles. The summed E-state index contributed by atoms with van der Waals surface area (Å²) < 4.78 is 9.17. The zero-order valence-corrected chi connectivity index (χ0v) is 48.0. The first-order chi connectivity index (χ1) is 43.6. The van der Waals surface area contributed by atoms with Gasteiger partial charge in [-0.2, -0.15) is 19.9 Å². The topological polar surface area (TPSA) is 97.1 Å². The first kappa shape index (κ1) is 50.6. The number of rotatable bonds is 10. The van der Waals surface area contributed by atoms with Crippen LogP contribution >= 0.6 is 0 Å². The minimum atomic E-state index is 0.546. The third kappa shape index (κ3) is 8.03. The van der Waals surface area contributed by atoms with Crippen molar-refractivity contribution >= 4 is 92.8 Å². The molecule has 0 aliphatic carbocycles. The van der Waals surface area contributed by atoms with E-state index in [4.69, 9.17) is 29.9 Å². The summed E-state index contributed by atoms with van der Waals surface area (Å²) in [5, 5.41) is 9.14. The van der Waals surface area contributed by atoms with Gasteiger partial charge in [-0.15, -0.1) is 0 Å². The Labute approximate surface area is 505 Å². The van der Waals surface area contributed by atoms with Crippen LogP contribution in [0.3, 0.4) is 0 Å². The van der Waals surface area contributed by atoms with Crippen molar-refractivity contribution in [1.82, 2.24) is 48.2 Å². The molecular formula is C78H52N10. The molecule has 88 heavy (non-hydrogen) atoms. The first-order valence-corrected chi connectivity index (χ1v) is 29.7. The molecule has 10 nitrogen and oxygen atoms in total. The van der Waals surface area contributed by atoms with E-state index >= 15 is 0 Å². The number of hydrogen-bond acceptors (Lipinski definition) is 6. The van der Waals surface area contributed by atoms with E-state index in [0.29, 0.717) is 35.2 Å². The largest absolute Gasteiger partial charge is 0.309 e. The van der Waals surface area contributed by atoms with Gasteiger partial charge in [-0.05, 0) is 104 Å². The zero-order valence-electron chi connectivity index (χ0n) is 48.0. The van der Waals surface area contributed by atoms with Gasteiger partial charge in [0.25, 0.3) is 0 Å². The standard InChI is InChI=1S/C78H52N10/c1-3-23-49(4-2)73-79-74(51-24-9-5-10-25-51)83-78(81-73)88-63-35-20-17-32-57(63)61-47-62-60-46-54(42-43-66(60)86(69(62)48-70(61)88)56-30-15-8-16-31-56)50-38-40-53(41-39-50)76-80-75(52-26-11-6-12-27-52)82-77(84-76)87-65-37-22-19-34-59(65)72-68(87)45-44-67-71(72)58-33-18-21-36-64(58)85(67)55-28-13-7-14-29-55/h3-48H,1-2H3/b23-3-,49-4+. The first-order valence-electron chi connectivity index (χ1n) is 29.7. The predicted molar refractivity (Wildman–Crippen MR) is 361 cm³/mol. The van der Waals surface area contributed by atoms with Gasteiger partial charge in [0.05, 0.1) is 44.1 Å². The molecule has 0 atom stereocenters. The van der Waals surface area contributed by atoms with E-state index < -0.39 is 0 Å². The molecule has 11 aromatic carbocycles. The van der Waals surface area contributed by atoms with Gasteiger partial charge in [0.1, 0.15) is 0 Å². The van der Waals surface area contributed by atoms with Crippen molar-refractivity contribution in [2.75, 3.05) is 0 Å². The Morgan fingerprint density at radius 3 is 1.27 bits per heavy atom. The molecule has 0 radical (unpaired) electrons. The van der Waals surface area contributed by atoms with Gasteiger partial charge >= 0.3 is 0 Å². The Balaban J connectivity index is 0.818. The zero-order chi connectivity index (χ0) is 58.4. The van der Waals surface area contributed by atoms with Crippen LogP contribution in [0.1, 0.15) is 19.7 Å². The van der Waals surface area contributed by atoms with Crippen molar-refractivity contribution < 1.29 is 0 Å². The summed E-state index contributed by atoms with van der Waals surface area (Å²) in [6.45, 7) is 4.03. The summed E-state index contributed by atoms with van der Waals surface area (Å²) in [7, 11) is 0. The minimum absolute atomic E-state index is 0.546. The van der Waals surface area contributed by atoms with E-state index in [2.05, 4.69) is 231 Å². The van der Waals surface area contributed by atoms with E-state index in [-0.39, 0.29) is 0 Å². The minimum Gasteiger partial charge on any atom is -0.309 e. The van der Waals surface area contributed by atoms with E-state index in [1.165, 1.54) is 10.8 Å². The third-order valence-corrected chi connectivity index (χ3v) is 17.2. The molecule has 0 saturated heterocycles. The number of fused-ring (bicyclic) bond motifs is 13. The summed E-state index contributed by atoms with van der Waals surface area (Å²) in [5.74, 6) is 3.49. The highest BCUT2D eigenvalue weighted by Crippen LogP contribution is 2.44. The van der Waals surface area contributed by atoms with Crippen LogP contribution in [-0.4, -0.2) is 48.2 Å². The monoisotopic (exact) mass is 1130 g/mol. The van der Waals surface area contributed by atoms with Crippen LogP contribution in [0.4, 0.5) is 0 Å². The van der Waals surface area contributed by atoms with Crippen molar-refractivity contribution in [3.63, 3.8) is 0 Å². The van der Waals surface area contributed by atoms with Gasteiger partial charge in [-0.25, -0.2) is 9.97 Å². The van der Waals surface area contributed by atoms with Crippen LogP contribution in [0.25, 0.3) is 161 Å². The highest BCUT2D eigenvalue weighted by atomic mass is 15.2. The Bertz CT molecular complexity index is 5680. The van der Waals surface area contributed by atoms with Crippen molar-refractivity contribution in [3.05, 3.63) is 285 Å². The number of allylic oxidation sites excluding steroid dienone is 4. The maximum absolute atomic E-state index is 5.40. The lowest BCUT2D eigenvalue weighted by atomic mass is 10.0. The molecule has 0 aliphatic rings. The van der Waals surface area contributed by atoms with E-state index in [0.717, 1.165) is 121 Å². The maximum Gasteiger partial charge on any atom is 0.238 e. The van der Waals surface area contributed by atoms with Crippen LogP contribution in [0.15, 0.2) is 279 Å². The highest BCUT2D eigenvalue weighted by Gasteiger charge is 2.25. The van der Waals surface area contributed by atoms with Crippen LogP contribution in [0.2, 0.25) is 0 Å². The average molecular weight is 1130 g/mol. The molecule has 0 fully saturated rings. The molecule has 0 unspecified atom stereocenters. The van der Waals surface area contributed by atoms with Crippen LogP contribution < -0.4 is 0 Å². The Kier molecular flexibility index (Phi) is 11.8. The maximum atomic E-state index is 5.40. The molecule has 10 heteroatoms. The van der Waals surface area contributed by atoms with Crippen LogP contribution in [0.5, 0.6) is 0 Å². The smallest absolute Gasteiger partial charge is 0.238 e. The second-order valence-corrected chi connectivity index (χ2v) is 22.2. The van der Waals surface area contributed by atoms with Crippen molar-refractivity contribution in [3.8, 4) is 68.6 Å². The fourth-order valence-corrected chi connectivity index (χ4v) is 13.2. The van der Waals surface area contributed by atoms with Crippen molar-refractivity contribution in [2.45, 2.75) is 13.8 Å². The van der Waals surface area contributed by atoms with Crippen molar-refractivity contribution in [1.29, 1.82) is 0 Å². The van der Waals surface area contributed by atoms with Gasteiger partial charge in [-0.1, -0.05) is 200 Å². The number of hydrogen-bond donors (Lipinski definition) is 0. The predicted octanol–water partition coefficient (Wildman–Crippen LogP) is 19.1. The lowest BCUT2D eigenvalue weighted by molar-refractivity contribution is 0.932. The fraction of sp³-hybridized carbons (Fsp3) is 0.0256. The lowest BCUT2D eigenvalue weighted by Gasteiger charge is -2.12.